The SMILES string of the molecule is C=CCC(O)(CC=C)C(C)NC(=O)c1cc(Cc2ccc3c(c2)OCO3)no1. The van der Waals surface area contributed by atoms with E-state index in [0.717, 1.165) is 5.56 Å². The van der Waals surface area contributed by atoms with Gasteiger partial charge in [-0.3, -0.25) is 4.79 Å². The molecule has 1 aromatic heterocycles. The standard InChI is InChI=1S/C21H24N2O5/c1-4-8-21(25,9-5-2)14(3)22-20(24)19-12-16(23-28-19)10-15-6-7-17-18(11-15)27-13-26-17/h4-7,11-12,14,25H,1-2,8-10,13H2,3H3,(H,22,24). The first-order valence-electron chi connectivity index (χ1n) is 9.04. The Kier molecular flexibility index (Phi) is 5.84. The fourth-order valence-corrected chi connectivity index (χ4v) is 3.10. The molecule has 1 unspecified atom stereocenters. The number of benzene rings is 1. The number of aliphatic hydroxyl groups is 1. The molecule has 7 heteroatoms. The average Bonchev–Trinajstić information content (AvgIpc) is 3.31. The zero-order chi connectivity index (χ0) is 20.1. The minimum atomic E-state index is -1.16. The molecule has 1 amide bonds. The van der Waals surface area contributed by atoms with E-state index in [0.29, 0.717) is 36.5 Å². The van der Waals surface area contributed by atoms with Gasteiger partial charge in [0.05, 0.1) is 17.3 Å². The highest BCUT2D eigenvalue weighted by atomic mass is 16.7. The molecular formula is C21H24N2O5. The Bertz CT molecular complexity index is 863. The first kappa shape index (κ1) is 19.7. The normalized spacial score (nSPS) is 13.8. The van der Waals surface area contributed by atoms with Gasteiger partial charge in [-0.05, 0) is 37.5 Å². The largest absolute Gasteiger partial charge is 0.454 e. The molecule has 2 heterocycles. The molecule has 1 atom stereocenters. The van der Waals surface area contributed by atoms with Crippen molar-refractivity contribution in [3.05, 3.63) is 66.6 Å². The topological polar surface area (TPSA) is 93.8 Å². The summed E-state index contributed by atoms with van der Waals surface area (Å²) in [6.45, 7) is 9.27. The number of hydrogen-bond acceptors (Lipinski definition) is 6. The number of nitrogens with zero attached hydrogens (tertiary/aromatic N) is 1. The minimum Gasteiger partial charge on any atom is -0.454 e. The molecule has 0 fully saturated rings. The van der Waals surface area contributed by atoms with Gasteiger partial charge in [0.2, 0.25) is 12.6 Å². The number of hydrogen-bond donors (Lipinski definition) is 2. The van der Waals surface area contributed by atoms with Crippen LogP contribution >= 0.6 is 0 Å². The summed E-state index contributed by atoms with van der Waals surface area (Å²) in [4.78, 5) is 12.5. The van der Waals surface area contributed by atoms with E-state index in [4.69, 9.17) is 14.0 Å². The average molecular weight is 384 g/mol. The van der Waals surface area contributed by atoms with E-state index in [1.807, 2.05) is 18.2 Å². The van der Waals surface area contributed by atoms with E-state index in [-0.39, 0.29) is 12.6 Å². The predicted molar refractivity (Wildman–Crippen MR) is 103 cm³/mol. The molecule has 1 aliphatic rings. The van der Waals surface area contributed by atoms with Crippen molar-refractivity contribution in [1.29, 1.82) is 0 Å². The van der Waals surface area contributed by atoms with E-state index in [1.165, 1.54) is 0 Å². The maximum absolute atomic E-state index is 12.5. The number of fused-ring (bicyclic) bond motifs is 1. The Morgan fingerprint density at radius 1 is 1.29 bits per heavy atom. The molecule has 0 bridgehead atoms. The van der Waals surface area contributed by atoms with Crippen molar-refractivity contribution < 1.29 is 23.9 Å². The monoisotopic (exact) mass is 384 g/mol. The molecule has 148 valence electrons. The molecule has 1 aromatic carbocycles. The maximum atomic E-state index is 12.5. The van der Waals surface area contributed by atoms with Crippen molar-refractivity contribution >= 4 is 5.91 Å². The summed E-state index contributed by atoms with van der Waals surface area (Å²) in [5, 5.41) is 17.5. The second-order valence-corrected chi connectivity index (χ2v) is 6.83. The Hall–Kier alpha value is -3.06. The number of amides is 1. The van der Waals surface area contributed by atoms with Gasteiger partial charge in [0.1, 0.15) is 0 Å². The zero-order valence-corrected chi connectivity index (χ0v) is 15.8. The summed E-state index contributed by atoms with van der Waals surface area (Å²) >= 11 is 0. The Balaban J connectivity index is 1.65. The van der Waals surface area contributed by atoms with Gasteiger partial charge in [-0.1, -0.05) is 23.4 Å². The third kappa shape index (κ3) is 4.26. The highest BCUT2D eigenvalue weighted by Crippen LogP contribution is 2.33. The van der Waals surface area contributed by atoms with Crippen molar-refractivity contribution in [2.75, 3.05) is 6.79 Å². The van der Waals surface area contributed by atoms with E-state index < -0.39 is 17.6 Å². The number of aromatic nitrogens is 1. The Labute approximate surface area is 163 Å². The number of ether oxygens (including phenoxy) is 2. The lowest BCUT2D eigenvalue weighted by Gasteiger charge is -2.32. The van der Waals surface area contributed by atoms with Crippen molar-refractivity contribution in [2.45, 2.75) is 37.8 Å². The molecule has 2 N–H and O–H groups in total. The van der Waals surface area contributed by atoms with E-state index >= 15 is 0 Å². The molecule has 0 saturated heterocycles. The fourth-order valence-electron chi connectivity index (χ4n) is 3.10. The van der Waals surface area contributed by atoms with Crippen LogP contribution in [-0.4, -0.2) is 34.6 Å². The molecule has 0 aliphatic carbocycles. The van der Waals surface area contributed by atoms with Gasteiger partial charge in [-0.2, -0.15) is 0 Å². The van der Waals surface area contributed by atoms with Crippen LogP contribution in [0.15, 0.2) is 54.1 Å². The molecule has 1 aliphatic heterocycles. The second-order valence-electron chi connectivity index (χ2n) is 6.83. The first-order valence-corrected chi connectivity index (χ1v) is 9.04. The predicted octanol–water partition coefficient (Wildman–Crippen LogP) is 3.00. The lowest BCUT2D eigenvalue weighted by atomic mass is 9.88. The van der Waals surface area contributed by atoms with Crippen molar-refractivity contribution in [2.24, 2.45) is 0 Å². The summed E-state index contributed by atoms with van der Waals surface area (Å²) in [6.07, 6.45) is 4.37. The van der Waals surface area contributed by atoms with Crippen LogP contribution in [-0.2, 0) is 6.42 Å². The smallest absolute Gasteiger partial charge is 0.290 e. The summed E-state index contributed by atoms with van der Waals surface area (Å²) in [7, 11) is 0. The van der Waals surface area contributed by atoms with Gasteiger partial charge in [-0.15, -0.1) is 13.2 Å². The van der Waals surface area contributed by atoms with Crippen LogP contribution in [0.25, 0.3) is 0 Å². The van der Waals surface area contributed by atoms with E-state index in [1.54, 1.807) is 25.1 Å². The van der Waals surface area contributed by atoms with Gasteiger partial charge in [-0.25, -0.2) is 0 Å². The van der Waals surface area contributed by atoms with Crippen molar-refractivity contribution in [3.8, 4) is 11.5 Å². The number of nitrogens with one attached hydrogen (secondary N) is 1. The van der Waals surface area contributed by atoms with Crippen LogP contribution in [0.5, 0.6) is 11.5 Å². The van der Waals surface area contributed by atoms with E-state index in [2.05, 4.69) is 23.6 Å². The lowest BCUT2D eigenvalue weighted by molar-refractivity contribution is 0.0122. The first-order chi connectivity index (χ1) is 13.4. The third-order valence-electron chi connectivity index (χ3n) is 4.75. The van der Waals surface area contributed by atoms with Gasteiger partial charge >= 0.3 is 0 Å². The molecule has 7 nitrogen and oxygen atoms in total. The number of carbonyl (C=O) groups is 1. The van der Waals surface area contributed by atoms with Gasteiger partial charge < -0.3 is 24.4 Å². The molecule has 3 rings (SSSR count). The summed E-state index contributed by atoms with van der Waals surface area (Å²) in [6, 6.07) is 6.69. The molecule has 2 aromatic rings. The maximum Gasteiger partial charge on any atom is 0.290 e. The third-order valence-corrected chi connectivity index (χ3v) is 4.75. The summed E-state index contributed by atoms with van der Waals surface area (Å²) < 4.78 is 15.8. The quantitative estimate of drug-likeness (QED) is 0.646. The Morgan fingerprint density at radius 2 is 2.00 bits per heavy atom. The second kappa shape index (κ2) is 8.31. The van der Waals surface area contributed by atoms with Gasteiger partial charge in [0.15, 0.2) is 11.5 Å². The molecule has 28 heavy (non-hydrogen) atoms. The molecule has 0 radical (unpaired) electrons. The minimum absolute atomic E-state index is 0.0853. The van der Waals surface area contributed by atoms with Crippen molar-refractivity contribution in [1.82, 2.24) is 10.5 Å². The molecule has 0 spiro atoms. The lowest BCUT2D eigenvalue weighted by Crippen LogP contribution is -2.50. The molecule has 0 saturated carbocycles. The zero-order valence-electron chi connectivity index (χ0n) is 15.8. The van der Waals surface area contributed by atoms with Crippen LogP contribution in [0.4, 0.5) is 0 Å². The highest BCUT2D eigenvalue weighted by Gasteiger charge is 2.33. The summed E-state index contributed by atoms with van der Waals surface area (Å²) in [5.74, 6) is 1.05. The van der Waals surface area contributed by atoms with Crippen LogP contribution in [0, 0.1) is 0 Å². The Morgan fingerprint density at radius 3 is 2.71 bits per heavy atom. The van der Waals surface area contributed by atoms with Crippen molar-refractivity contribution in [3.63, 3.8) is 0 Å². The molecular weight excluding hydrogens is 360 g/mol. The van der Waals surface area contributed by atoms with Gasteiger partial charge in [0, 0.05) is 12.5 Å². The van der Waals surface area contributed by atoms with Crippen LogP contribution < -0.4 is 14.8 Å². The summed E-state index contributed by atoms with van der Waals surface area (Å²) in [5.41, 5.74) is 0.419. The number of carbonyl (C=O) groups excluding carboxylic acids is 1. The fraction of sp³-hybridized carbons (Fsp3) is 0.333. The van der Waals surface area contributed by atoms with Gasteiger partial charge in [0.25, 0.3) is 5.91 Å². The highest BCUT2D eigenvalue weighted by molar-refractivity contribution is 5.91. The number of rotatable bonds is 9. The van der Waals surface area contributed by atoms with E-state index in [9.17, 15) is 9.90 Å². The van der Waals surface area contributed by atoms with Crippen LogP contribution in [0.1, 0.15) is 41.6 Å². The van der Waals surface area contributed by atoms with Crippen LogP contribution in [0.2, 0.25) is 0 Å². The van der Waals surface area contributed by atoms with Crippen LogP contribution in [0.3, 0.4) is 0 Å².